The van der Waals surface area contributed by atoms with Gasteiger partial charge in [0.05, 0.1) is 37.6 Å². The van der Waals surface area contributed by atoms with Crippen LogP contribution in [-0.4, -0.2) is 187 Å². The summed E-state index contributed by atoms with van der Waals surface area (Å²) in [5.41, 5.74) is 10.6. The number of aliphatic hydroxyl groups is 1. The lowest BCUT2D eigenvalue weighted by Crippen LogP contribution is -2.59. The van der Waals surface area contributed by atoms with Crippen molar-refractivity contribution in [1.82, 2.24) is 47.4 Å². The fraction of sp³-hybridized carbons (Fsp3) is 0.643. The minimum atomic E-state index is -1.91. The predicted molar refractivity (Wildman–Crippen MR) is 317 cm³/mol. The van der Waals surface area contributed by atoms with Gasteiger partial charge in [-0.3, -0.25) is 72.6 Å². The van der Waals surface area contributed by atoms with E-state index in [0.717, 1.165) is 37.0 Å². The van der Waals surface area contributed by atoms with E-state index in [0.29, 0.717) is 6.42 Å². The normalized spacial score (nSPS) is 13.2. The molecule has 0 spiro atoms. The van der Waals surface area contributed by atoms with Crippen LogP contribution in [0, 0.1) is 10.1 Å². The quantitative estimate of drug-likeness (QED) is 0.0126. The number of amides is 9. The van der Waals surface area contributed by atoms with Gasteiger partial charge in [0.15, 0.2) is 5.96 Å². The van der Waals surface area contributed by atoms with Crippen LogP contribution >= 0.6 is 0 Å². The van der Waals surface area contributed by atoms with Gasteiger partial charge < -0.3 is 84.4 Å². The average molecular weight is 1260 g/mol. The molecular formula is C56H89N13O20. The van der Waals surface area contributed by atoms with Crippen LogP contribution in [0.25, 0.3) is 0 Å². The summed E-state index contributed by atoms with van der Waals surface area (Å²) in [6, 6.07) is -6.23. The number of nitro benzene ring substituents is 1. The molecule has 0 unspecified atom stereocenters. The largest absolute Gasteiger partial charge is 0.481 e. The van der Waals surface area contributed by atoms with Gasteiger partial charge in [0, 0.05) is 37.4 Å². The number of unbranched alkanes of at least 4 members (excludes halogenated alkanes) is 12. The number of benzene rings is 1. The van der Waals surface area contributed by atoms with Gasteiger partial charge in [-0.1, -0.05) is 102 Å². The number of carbonyl (C=O) groups is 13. The van der Waals surface area contributed by atoms with E-state index in [4.69, 9.17) is 16.6 Å². The molecule has 0 saturated carbocycles. The molecule has 498 valence electrons. The van der Waals surface area contributed by atoms with Crippen molar-refractivity contribution in [1.29, 1.82) is 0 Å². The van der Waals surface area contributed by atoms with E-state index in [2.05, 4.69) is 43.8 Å². The smallest absolute Gasteiger partial charge is 0.328 e. The number of nitrogens with one attached hydrogen (secondary N) is 8. The van der Waals surface area contributed by atoms with Gasteiger partial charge in [0.2, 0.25) is 53.2 Å². The molecule has 9 amide bonds. The number of guanidine groups is 1. The van der Waals surface area contributed by atoms with Gasteiger partial charge in [-0.2, -0.15) is 0 Å². The monoisotopic (exact) mass is 1260 g/mol. The Balaban J connectivity index is 3.20. The van der Waals surface area contributed by atoms with Gasteiger partial charge in [-0.25, -0.2) is 4.79 Å². The van der Waals surface area contributed by atoms with Crippen LogP contribution in [0.4, 0.5) is 5.69 Å². The molecule has 33 heteroatoms. The lowest BCUT2D eigenvalue weighted by Gasteiger charge is -2.26. The summed E-state index contributed by atoms with van der Waals surface area (Å²) in [4.78, 5) is 183. The maximum atomic E-state index is 13.9. The van der Waals surface area contributed by atoms with Crippen LogP contribution in [0.5, 0.6) is 0 Å². The molecule has 33 nitrogen and oxygen atoms in total. The maximum absolute atomic E-state index is 13.9. The van der Waals surface area contributed by atoms with Crippen molar-refractivity contribution in [3.05, 3.63) is 39.9 Å². The number of nitrogens with two attached hydrogens (primary N) is 2. The van der Waals surface area contributed by atoms with E-state index in [-0.39, 0.29) is 49.6 Å². The van der Waals surface area contributed by atoms with Crippen molar-refractivity contribution in [3.8, 4) is 0 Å². The van der Waals surface area contributed by atoms with Crippen LogP contribution < -0.4 is 54.0 Å². The second-order valence-corrected chi connectivity index (χ2v) is 21.2. The first kappa shape index (κ1) is 78.0. The fourth-order valence-corrected chi connectivity index (χ4v) is 8.71. The molecule has 0 fully saturated rings. The number of aliphatic hydroxyl groups excluding tert-OH is 1. The number of para-hydroxylation sites is 1. The second kappa shape index (κ2) is 43.6. The van der Waals surface area contributed by atoms with Crippen molar-refractivity contribution in [3.63, 3.8) is 0 Å². The number of aliphatic imine (C=N–C) groups is 1. The Labute approximate surface area is 514 Å². The number of carboxylic acid groups (broad SMARTS) is 4. The van der Waals surface area contributed by atoms with Crippen LogP contribution in [0.15, 0.2) is 29.3 Å². The lowest BCUT2D eigenvalue weighted by atomic mass is 10.0. The molecule has 1 aromatic rings. The topological polar surface area (TPSA) is 530 Å². The molecule has 7 atom stereocenters. The Morgan fingerprint density at radius 3 is 1.52 bits per heavy atom. The second-order valence-electron chi connectivity index (χ2n) is 21.2. The standard InChI is InChI=1S/C56H89N13O20/c1-4-5-6-7-8-9-10-11-12-13-14-15-16-23-45(73)68(31-36-20-17-18-22-42(36)69(88)89)32-44(72)61-34(2)49(80)62-35(3)50(81)64-38(24-26-46(74)75)52(83)66-39(25-27-47(76)77)53(84)65-37(21-19-28-59-56(57)58)51(82)60-30-43(71)63-40(29-48(78)79)54(85)67-41(33-70)55(86)87/h17-18,20,22,34-35,37-41,70H,4-16,19,21,23-33H2,1-3H3,(H,60,82)(H,61,72)(H,62,80)(H,63,71)(H,64,81)(H,65,84)(H,66,83)(H,67,85)(H,74,75)(H,76,77)(H,78,79)(H,86,87)(H4,57,58,59)/t34-,35-,37-,38-,39-,40-,41-/m0/s1. The number of nitro groups is 1. The van der Waals surface area contributed by atoms with Gasteiger partial charge in [-0.05, 0) is 46.0 Å². The van der Waals surface area contributed by atoms with E-state index in [1.54, 1.807) is 6.07 Å². The van der Waals surface area contributed by atoms with E-state index < -0.39 is 176 Å². The van der Waals surface area contributed by atoms with Crippen LogP contribution in [0.3, 0.4) is 0 Å². The number of rotatable bonds is 48. The third-order valence-electron chi connectivity index (χ3n) is 13.6. The molecule has 0 saturated heterocycles. The summed E-state index contributed by atoms with van der Waals surface area (Å²) in [7, 11) is 0. The molecule has 0 aromatic heterocycles. The summed E-state index contributed by atoms with van der Waals surface area (Å²) in [5.74, 6) is -16.0. The number of carboxylic acids is 4. The van der Waals surface area contributed by atoms with E-state index >= 15 is 0 Å². The molecule has 0 aliphatic heterocycles. The van der Waals surface area contributed by atoms with Gasteiger partial charge in [0.1, 0.15) is 42.3 Å². The molecule has 1 rings (SSSR count). The van der Waals surface area contributed by atoms with Crippen molar-refractivity contribution >= 4 is 88.7 Å². The highest BCUT2D eigenvalue weighted by Gasteiger charge is 2.33. The zero-order valence-electron chi connectivity index (χ0n) is 50.6. The number of hydrogen-bond acceptors (Lipinski definition) is 17. The zero-order chi connectivity index (χ0) is 67.0. The maximum Gasteiger partial charge on any atom is 0.328 e. The van der Waals surface area contributed by atoms with E-state index in [1.807, 2.05) is 10.6 Å². The molecule has 0 aliphatic rings. The summed E-state index contributed by atoms with van der Waals surface area (Å²) < 4.78 is 0. The fourth-order valence-electron chi connectivity index (χ4n) is 8.71. The molecule has 0 radical (unpaired) electrons. The number of hydrogen-bond donors (Lipinski definition) is 15. The molecule has 0 bridgehead atoms. The van der Waals surface area contributed by atoms with Gasteiger partial charge >= 0.3 is 23.9 Å². The number of nitrogens with zero attached hydrogens (tertiary/aromatic N) is 3. The minimum absolute atomic E-state index is 0.0450. The highest BCUT2D eigenvalue weighted by Crippen LogP contribution is 2.21. The van der Waals surface area contributed by atoms with Gasteiger partial charge in [0.25, 0.3) is 5.69 Å². The predicted octanol–water partition coefficient (Wildman–Crippen LogP) is -0.711. The van der Waals surface area contributed by atoms with Crippen molar-refractivity contribution in [2.45, 2.75) is 204 Å². The van der Waals surface area contributed by atoms with Crippen LogP contribution in [0.2, 0.25) is 0 Å². The third kappa shape index (κ3) is 34.2. The summed E-state index contributed by atoms with van der Waals surface area (Å²) in [6.45, 7) is 1.49. The van der Waals surface area contributed by atoms with Gasteiger partial charge in [-0.15, -0.1) is 0 Å². The molecular weight excluding hydrogens is 1170 g/mol. The molecule has 17 N–H and O–H groups in total. The van der Waals surface area contributed by atoms with Crippen molar-refractivity contribution < 1.29 is 92.8 Å². The minimum Gasteiger partial charge on any atom is -0.481 e. The Bertz CT molecular complexity index is 2580. The summed E-state index contributed by atoms with van der Waals surface area (Å²) >= 11 is 0. The number of aliphatic carboxylic acids is 4. The first-order valence-corrected chi connectivity index (χ1v) is 29.5. The zero-order valence-corrected chi connectivity index (χ0v) is 50.6. The highest BCUT2D eigenvalue weighted by molar-refractivity contribution is 5.98. The Morgan fingerprint density at radius 2 is 1.02 bits per heavy atom. The lowest BCUT2D eigenvalue weighted by molar-refractivity contribution is -0.385. The highest BCUT2D eigenvalue weighted by atomic mass is 16.6. The van der Waals surface area contributed by atoms with E-state index in [1.165, 1.54) is 77.0 Å². The third-order valence-corrected chi connectivity index (χ3v) is 13.6. The molecule has 89 heavy (non-hydrogen) atoms. The Kier molecular flexibility index (Phi) is 38.2. The summed E-state index contributed by atoms with van der Waals surface area (Å²) in [6.07, 6.45) is 9.74. The molecule has 0 heterocycles. The first-order chi connectivity index (χ1) is 42.1. The average Bonchev–Trinajstić information content (AvgIpc) is 3.47. The van der Waals surface area contributed by atoms with Crippen LogP contribution in [-0.2, 0) is 68.9 Å². The first-order valence-electron chi connectivity index (χ1n) is 29.5. The SMILES string of the molecule is CCCCCCCCCCCCCCCC(=O)N(CC(=O)N[C@@H](C)C(=O)N[C@@H](C)C(=O)N[C@@H](CCC(=O)O)C(=O)N[C@@H](CCC(=O)O)C(=O)N[C@@H](CCCN=C(N)N)C(=O)NCC(=O)N[C@@H](CC(=O)O)C(=O)N[C@@H](CO)C(=O)O)Cc1ccccc1[N+](=O)[O-]. The van der Waals surface area contributed by atoms with E-state index in [9.17, 15) is 92.9 Å². The molecule has 1 aromatic carbocycles. The summed E-state index contributed by atoms with van der Waals surface area (Å²) in [5, 5.41) is 76.2. The molecule has 0 aliphatic carbocycles. The van der Waals surface area contributed by atoms with Crippen molar-refractivity contribution in [2.75, 3.05) is 26.2 Å². The Hall–Kier alpha value is -9.04. The Morgan fingerprint density at radius 1 is 0.551 bits per heavy atom. The van der Waals surface area contributed by atoms with Crippen molar-refractivity contribution in [2.24, 2.45) is 16.5 Å². The number of carbonyl (C=O) groups excluding carboxylic acids is 9. The van der Waals surface area contributed by atoms with Crippen LogP contribution in [0.1, 0.15) is 161 Å².